The number of ether oxygens (including phenoxy) is 1. The number of para-hydroxylation sites is 1. The summed E-state index contributed by atoms with van der Waals surface area (Å²) in [5.74, 6) is 0.385. The second-order valence-electron chi connectivity index (χ2n) is 6.53. The number of benzene rings is 1. The molecule has 27 heavy (non-hydrogen) atoms. The van der Waals surface area contributed by atoms with Crippen LogP contribution in [0.5, 0.6) is 5.75 Å². The molecule has 1 saturated heterocycles. The second-order valence-corrected chi connectivity index (χ2v) is 6.53. The summed E-state index contributed by atoms with van der Waals surface area (Å²) in [4.78, 5) is 6.87. The minimum absolute atomic E-state index is 0.107. The van der Waals surface area contributed by atoms with Crippen molar-refractivity contribution in [2.75, 3.05) is 32.7 Å². The number of nitrogens with zero attached hydrogens (tertiary/aromatic N) is 2. The van der Waals surface area contributed by atoms with Crippen molar-refractivity contribution in [1.29, 1.82) is 0 Å². The molecule has 1 heterocycles. The SMILES string of the molecule is CCNC(=NCc1ccccc1OC(F)(F)F)NCCCCN1CCCC1. The van der Waals surface area contributed by atoms with Crippen LogP contribution in [0.15, 0.2) is 29.3 Å². The fourth-order valence-electron chi connectivity index (χ4n) is 3.04. The number of unbranched alkanes of at least 4 members (excludes halogenated alkanes) is 1. The highest BCUT2D eigenvalue weighted by Gasteiger charge is 2.31. The van der Waals surface area contributed by atoms with Gasteiger partial charge < -0.3 is 20.3 Å². The first-order chi connectivity index (χ1) is 13.0. The predicted molar refractivity (Wildman–Crippen MR) is 101 cm³/mol. The molecule has 1 aromatic carbocycles. The summed E-state index contributed by atoms with van der Waals surface area (Å²) in [6.07, 6.45) is 0.0330. The van der Waals surface area contributed by atoms with Crippen LogP contribution >= 0.6 is 0 Å². The maximum atomic E-state index is 12.5. The van der Waals surface area contributed by atoms with Gasteiger partial charge in [0.15, 0.2) is 5.96 Å². The molecule has 0 saturated carbocycles. The lowest BCUT2D eigenvalue weighted by molar-refractivity contribution is -0.274. The van der Waals surface area contributed by atoms with Gasteiger partial charge in [-0.15, -0.1) is 13.2 Å². The number of rotatable bonds is 9. The molecule has 1 aliphatic heterocycles. The number of nitrogens with one attached hydrogen (secondary N) is 2. The summed E-state index contributed by atoms with van der Waals surface area (Å²) in [5.41, 5.74) is 0.390. The van der Waals surface area contributed by atoms with Gasteiger partial charge >= 0.3 is 6.36 Å². The molecule has 5 nitrogen and oxygen atoms in total. The first kappa shape index (κ1) is 21.3. The summed E-state index contributed by atoms with van der Waals surface area (Å²) < 4.78 is 41.6. The third-order valence-electron chi connectivity index (χ3n) is 4.34. The molecular formula is C19H29F3N4O. The molecule has 152 valence electrons. The molecule has 0 atom stereocenters. The highest BCUT2D eigenvalue weighted by molar-refractivity contribution is 5.79. The molecular weight excluding hydrogens is 357 g/mol. The Morgan fingerprint density at radius 1 is 1.15 bits per heavy atom. The average molecular weight is 386 g/mol. The molecule has 0 aliphatic carbocycles. The molecule has 0 aromatic heterocycles. The Hall–Kier alpha value is -1.96. The Bertz CT molecular complexity index is 587. The standard InChI is InChI=1S/C19H29F3N4O/c1-2-23-18(24-11-5-6-12-26-13-7-8-14-26)25-15-16-9-3-4-10-17(16)27-19(20,21)22/h3-4,9-10H,2,5-8,11-15H2,1H3,(H2,23,24,25). The quantitative estimate of drug-likeness (QED) is 0.387. The lowest BCUT2D eigenvalue weighted by atomic mass is 10.2. The number of hydrogen-bond acceptors (Lipinski definition) is 3. The van der Waals surface area contributed by atoms with Crippen molar-refractivity contribution in [3.63, 3.8) is 0 Å². The maximum Gasteiger partial charge on any atom is 0.573 e. The van der Waals surface area contributed by atoms with E-state index in [1.165, 1.54) is 38.1 Å². The Labute approximate surface area is 159 Å². The third-order valence-corrected chi connectivity index (χ3v) is 4.34. The molecule has 1 aromatic rings. The molecule has 0 spiro atoms. The van der Waals surface area contributed by atoms with Crippen molar-refractivity contribution >= 4 is 5.96 Å². The van der Waals surface area contributed by atoms with E-state index in [0.717, 1.165) is 25.9 Å². The average Bonchev–Trinajstić information content (AvgIpc) is 3.12. The molecule has 0 radical (unpaired) electrons. The lowest BCUT2D eigenvalue weighted by Gasteiger charge is -2.15. The van der Waals surface area contributed by atoms with Gasteiger partial charge in [-0.25, -0.2) is 4.99 Å². The molecule has 2 N–H and O–H groups in total. The van der Waals surface area contributed by atoms with E-state index in [9.17, 15) is 13.2 Å². The Balaban J connectivity index is 1.82. The van der Waals surface area contributed by atoms with Crippen LogP contribution in [0.1, 0.15) is 38.2 Å². The van der Waals surface area contributed by atoms with E-state index < -0.39 is 6.36 Å². The van der Waals surface area contributed by atoms with Gasteiger partial charge in [-0.05, 0) is 58.3 Å². The minimum Gasteiger partial charge on any atom is -0.405 e. The van der Waals surface area contributed by atoms with Crippen molar-refractivity contribution in [3.05, 3.63) is 29.8 Å². The van der Waals surface area contributed by atoms with Crippen LogP contribution in [0.4, 0.5) is 13.2 Å². The second kappa shape index (κ2) is 11.0. The number of aliphatic imine (C=N–C) groups is 1. The number of halogens is 3. The zero-order valence-corrected chi connectivity index (χ0v) is 15.8. The van der Waals surface area contributed by atoms with Crippen LogP contribution in [-0.4, -0.2) is 49.9 Å². The number of likely N-dealkylation sites (tertiary alicyclic amines) is 1. The molecule has 1 fully saturated rings. The number of guanidine groups is 1. The van der Waals surface area contributed by atoms with Crippen molar-refractivity contribution in [2.24, 2.45) is 4.99 Å². The molecule has 1 aliphatic rings. The summed E-state index contributed by atoms with van der Waals surface area (Å²) in [5, 5.41) is 6.36. The van der Waals surface area contributed by atoms with E-state index in [0.29, 0.717) is 18.1 Å². The summed E-state index contributed by atoms with van der Waals surface area (Å²) >= 11 is 0. The van der Waals surface area contributed by atoms with E-state index in [1.54, 1.807) is 12.1 Å². The van der Waals surface area contributed by atoms with Gasteiger partial charge in [0.25, 0.3) is 0 Å². The normalized spacial score (nSPS) is 15.8. The molecule has 0 bridgehead atoms. The van der Waals surface area contributed by atoms with Gasteiger partial charge in [0, 0.05) is 18.7 Å². The largest absolute Gasteiger partial charge is 0.573 e. The minimum atomic E-state index is -4.71. The Morgan fingerprint density at radius 2 is 1.89 bits per heavy atom. The molecule has 0 amide bonds. The van der Waals surface area contributed by atoms with E-state index >= 15 is 0 Å². The fourth-order valence-corrected chi connectivity index (χ4v) is 3.04. The van der Waals surface area contributed by atoms with E-state index in [2.05, 4.69) is 25.3 Å². The summed E-state index contributed by atoms with van der Waals surface area (Å²) in [7, 11) is 0. The van der Waals surface area contributed by atoms with Crippen LogP contribution in [0, 0.1) is 0 Å². The lowest BCUT2D eigenvalue weighted by Crippen LogP contribution is -2.38. The van der Waals surface area contributed by atoms with Gasteiger partial charge in [-0.2, -0.15) is 0 Å². The predicted octanol–water partition coefficient (Wildman–Crippen LogP) is 3.52. The first-order valence-electron chi connectivity index (χ1n) is 9.56. The van der Waals surface area contributed by atoms with Gasteiger partial charge in [0.2, 0.25) is 0 Å². The Morgan fingerprint density at radius 3 is 2.59 bits per heavy atom. The number of hydrogen-bond donors (Lipinski definition) is 2. The zero-order chi connectivity index (χ0) is 19.5. The van der Waals surface area contributed by atoms with E-state index in [-0.39, 0.29) is 12.3 Å². The summed E-state index contributed by atoms with van der Waals surface area (Å²) in [6.45, 7) is 7.05. The van der Waals surface area contributed by atoms with Crippen LogP contribution in [0.25, 0.3) is 0 Å². The third kappa shape index (κ3) is 8.51. The van der Waals surface area contributed by atoms with Gasteiger partial charge in [0.05, 0.1) is 6.54 Å². The summed E-state index contributed by atoms with van der Waals surface area (Å²) in [6, 6.07) is 6.08. The van der Waals surface area contributed by atoms with Crippen LogP contribution in [0.3, 0.4) is 0 Å². The molecule has 0 unspecified atom stereocenters. The molecule has 8 heteroatoms. The topological polar surface area (TPSA) is 48.9 Å². The van der Waals surface area contributed by atoms with Crippen molar-refractivity contribution in [2.45, 2.75) is 45.5 Å². The van der Waals surface area contributed by atoms with Crippen LogP contribution in [-0.2, 0) is 6.54 Å². The van der Waals surface area contributed by atoms with Gasteiger partial charge in [-0.3, -0.25) is 0 Å². The van der Waals surface area contributed by atoms with E-state index in [1.807, 2.05) is 6.92 Å². The van der Waals surface area contributed by atoms with Gasteiger partial charge in [0.1, 0.15) is 5.75 Å². The smallest absolute Gasteiger partial charge is 0.405 e. The highest BCUT2D eigenvalue weighted by Crippen LogP contribution is 2.26. The Kier molecular flexibility index (Phi) is 8.71. The maximum absolute atomic E-state index is 12.5. The van der Waals surface area contributed by atoms with Crippen LogP contribution < -0.4 is 15.4 Å². The zero-order valence-electron chi connectivity index (χ0n) is 15.8. The van der Waals surface area contributed by atoms with Crippen molar-refractivity contribution in [1.82, 2.24) is 15.5 Å². The van der Waals surface area contributed by atoms with Crippen LogP contribution in [0.2, 0.25) is 0 Å². The fraction of sp³-hybridized carbons (Fsp3) is 0.632. The van der Waals surface area contributed by atoms with Crippen molar-refractivity contribution in [3.8, 4) is 5.75 Å². The molecule has 2 rings (SSSR count). The van der Waals surface area contributed by atoms with E-state index in [4.69, 9.17) is 0 Å². The highest BCUT2D eigenvalue weighted by atomic mass is 19.4. The van der Waals surface area contributed by atoms with Gasteiger partial charge in [-0.1, -0.05) is 18.2 Å². The monoisotopic (exact) mass is 386 g/mol. The first-order valence-corrected chi connectivity index (χ1v) is 9.56. The number of alkyl halides is 3. The van der Waals surface area contributed by atoms with Crippen molar-refractivity contribution < 1.29 is 17.9 Å².